The summed E-state index contributed by atoms with van der Waals surface area (Å²) in [6.07, 6.45) is 1.31. The standard InChI is InChI=1S/C18H28N2O3S/c1-11-12(2)14(4)18(15(5)13(11)3)24(22,23)19-17-7-9-20(10-8-17)16(6)21/h17,19H,7-10H2,1-6H3. The average molecular weight is 353 g/mol. The van der Waals surface area contributed by atoms with Crippen LogP contribution in [-0.2, 0) is 14.8 Å². The Labute approximate surface area is 145 Å². The molecule has 2 rings (SSSR count). The molecule has 1 N–H and O–H groups in total. The Balaban J connectivity index is 2.28. The maximum Gasteiger partial charge on any atom is 0.241 e. The third-order valence-corrected chi connectivity index (χ3v) is 7.26. The number of carbonyl (C=O) groups excluding carboxylic acids is 1. The topological polar surface area (TPSA) is 66.5 Å². The summed E-state index contributed by atoms with van der Waals surface area (Å²) in [5.41, 5.74) is 4.86. The van der Waals surface area contributed by atoms with Crippen LogP contribution in [0.1, 0.15) is 47.6 Å². The van der Waals surface area contributed by atoms with Crippen LogP contribution in [0.4, 0.5) is 0 Å². The largest absolute Gasteiger partial charge is 0.343 e. The molecular formula is C18H28N2O3S. The molecule has 1 saturated heterocycles. The highest BCUT2D eigenvalue weighted by Crippen LogP contribution is 2.30. The molecule has 24 heavy (non-hydrogen) atoms. The number of piperidine rings is 1. The number of likely N-dealkylation sites (tertiary alicyclic amines) is 1. The predicted octanol–water partition coefficient (Wildman–Crippen LogP) is 2.52. The highest BCUT2D eigenvalue weighted by molar-refractivity contribution is 7.89. The van der Waals surface area contributed by atoms with Gasteiger partial charge in [-0.15, -0.1) is 0 Å². The summed E-state index contributed by atoms with van der Waals surface area (Å²) in [6, 6.07) is -0.119. The van der Waals surface area contributed by atoms with Crippen molar-refractivity contribution in [3.8, 4) is 0 Å². The molecule has 0 atom stereocenters. The van der Waals surface area contributed by atoms with Gasteiger partial charge in [0.25, 0.3) is 0 Å². The minimum absolute atomic E-state index is 0.0489. The number of nitrogens with one attached hydrogen (secondary N) is 1. The zero-order valence-electron chi connectivity index (χ0n) is 15.5. The van der Waals surface area contributed by atoms with Crippen molar-refractivity contribution in [3.63, 3.8) is 0 Å². The quantitative estimate of drug-likeness (QED) is 0.909. The second-order valence-corrected chi connectivity index (χ2v) is 8.51. The number of rotatable bonds is 3. The normalized spacial score (nSPS) is 16.5. The highest BCUT2D eigenvalue weighted by atomic mass is 32.2. The van der Waals surface area contributed by atoms with Crippen LogP contribution in [-0.4, -0.2) is 38.4 Å². The summed E-state index contributed by atoms with van der Waals surface area (Å²) in [4.78, 5) is 13.6. The van der Waals surface area contributed by atoms with Crippen LogP contribution >= 0.6 is 0 Å². The summed E-state index contributed by atoms with van der Waals surface area (Å²) >= 11 is 0. The van der Waals surface area contributed by atoms with E-state index in [2.05, 4.69) is 4.72 Å². The molecule has 0 aliphatic carbocycles. The van der Waals surface area contributed by atoms with Gasteiger partial charge in [-0.2, -0.15) is 0 Å². The van der Waals surface area contributed by atoms with E-state index in [1.807, 2.05) is 34.6 Å². The Morgan fingerprint density at radius 1 is 0.917 bits per heavy atom. The van der Waals surface area contributed by atoms with Gasteiger partial charge in [0.15, 0.2) is 0 Å². The summed E-state index contributed by atoms with van der Waals surface area (Å²) in [6.45, 7) is 12.5. The lowest BCUT2D eigenvalue weighted by molar-refractivity contribution is -0.129. The lowest BCUT2D eigenvalue weighted by Gasteiger charge is -2.32. The maximum atomic E-state index is 13.0. The monoisotopic (exact) mass is 352 g/mol. The van der Waals surface area contributed by atoms with E-state index in [0.717, 1.165) is 27.8 Å². The average Bonchev–Trinajstić information content (AvgIpc) is 2.51. The predicted molar refractivity (Wildman–Crippen MR) is 95.7 cm³/mol. The summed E-state index contributed by atoms with van der Waals surface area (Å²) in [5, 5.41) is 0. The minimum Gasteiger partial charge on any atom is -0.343 e. The second kappa shape index (κ2) is 6.84. The Hall–Kier alpha value is -1.40. The fraction of sp³-hybridized carbons (Fsp3) is 0.611. The number of benzene rings is 1. The van der Waals surface area contributed by atoms with Crippen LogP contribution in [0.5, 0.6) is 0 Å². The molecule has 1 aliphatic rings. The van der Waals surface area contributed by atoms with Crippen molar-refractivity contribution >= 4 is 15.9 Å². The smallest absolute Gasteiger partial charge is 0.241 e. The number of carbonyl (C=O) groups is 1. The van der Waals surface area contributed by atoms with Gasteiger partial charge in [-0.25, -0.2) is 13.1 Å². The van der Waals surface area contributed by atoms with Gasteiger partial charge in [0.05, 0.1) is 4.90 Å². The third kappa shape index (κ3) is 3.49. The summed E-state index contributed by atoms with van der Waals surface area (Å²) in [5.74, 6) is 0.0489. The zero-order valence-corrected chi connectivity index (χ0v) is 16.3. The van der Waals surface area contributed by atoms with Crippen molar-refractivity contribution in [2.24, 2.45) is 0 Å². The van der Waals surface area contributed by atoms with Gasteiger partial charge in [0.2, 0.25) is 15.9 Å². The first-order valence-corrected chi connectivity index (χ1v) is 9.89. The van der Waals surface area contributed by atoms with Gasteiger partial charge in [-0.1, -0.05) is 0 Å². The van der Waals surface area contributed by atoms with Crippen molar-refractivity contribution in [2.75, 3.05) is 13.1 Å². The van der Waals surface area contributed by atoms with Crippen LogP contribution in [0.25, 0.3) is 0 Å². The Kier molecular flexibility index (Phi) is 5.40. The van der Waals surface area contributed by atoms with Crippen LogP contribution in [0.15, 0.2) is 4.90 Å². The van der Waals surface area contributed by atoms with Crippen LogP contribution < -0.4 is 4.72 Å². The highest BCUT2D eigenvalue weighted by Gasteiger charge is 2.28. The molecule has 0 spiro atoms. The SMILES string of the molecule is CC(=O)N1CCC(NS(=O)(=O)c2c(C)c(C)c(C)c(C)c2C)CC1. The lowest BCUT2D eigenvalue weighted by Crippen LogP contribution is -2.46. The first kappa shape index (κ1) is 18.9. The third-order valence-electron chi connectivity index (χ3n) is 5.46. The van der Waals surface area contributed by atoms with Crippen molar-refractivity contribution in [1.29, 1.82) is 0 Å². The molecule has 0 saturated carbocycles. The number of hydrogen-bond acceptors (Lipinski definition) is 3. The van der Waals surface area contributed by atoms with Crippen LogP contribution in [0.3, 0.4) is 0 Å². The van der Waals surface area contributed by atoms with Crippen LogP contribution in [0.2, 0.25) is 0 Å². The van der Waals surface area contributed by atoms with E-state index in [1.54, 1.807) is 11.8 Å². The molecule has 1 fully saturated rings. The molecule has 0 bridgehead atoms. The van der Waals surface area contributed by atoms with Crippen molar-refractivity contribution in [3.05, 3.63) is 27.8 Å². The Morgan fingerprint density at radius 3 is 1.75 bits per heavy atom. The molecule has 1 aliphatic heterocycles. The van der Waals surface area contributed by atoms with E-state index < -0.39 is 10.0 Å². The molecular weight excluding hydrogens is 324 g/mol. The van der Waals surface area contributed by atoms with Gasteiger partial charge in [0, 0.05) is 26.1 Å². The van der Waals surface area contributed by atoms with Crippen molar-refractivity contribution in [1.82, 2.24) is 9.62 Å². The zero-order chi connectivity index (χ0) is 18.2. The molecule has 1 aromatic rings. The molecule has 0 unspecified atom stereocenters. The molecule has 1 aromatic carbocycles. The first-order valence-electron chi connectivity index (χ1n) is 8.41. The molecule has 6 heteroatoms. The van der Waals surface area contributed by atoms with Gasteiger partial charge >= 0.3 is 0 Å². The van der Waals surface area contributed by atoms with E-state index in [9.17, 15) is 13.2 Å². The molecule has 1 heterocycles. The summed E-state index contributed by atoms with van der Waals surface area (Å²) < 4.78 is 28.8. The van der Waals surface area contributed by atoms with E-state index >= 15 is 0 Å². The van der Waals surface area contributed by atoms with Crippen molar-refractivity contribution < 1.29 is 13.2 Å². The Bertz CT molecular complexity index is 732. The first-order chi connectivity index (χ1) is 11.1. The maximum absolute atomic E-state index is 13.0. The lowest BCUT2D eigenvalue weighted by atomic mass is 9.95. The fourth-order valence-corrected chi connectivity index (χ4v) is 5.36. The number of amides is 1. The van der Waals surface area contributed by atoms with Crippen molar-refractivity contribution in [2.45, 2.75) is 65.3 Å². The van der Waals surface area contributed by atoms with E-state index in [1.165, 1.54) is 0 Å². The van der Waals surface area contributed by atoms with Crippen LogP contribution in [0, 0.1) is 34.6 Å². The van der Waals surface area contributed by atoms with Gasteiger partial charge in [-0.05, 0) is 75.3 Å². The number of hydrogen-bond donors (Lipinski definition) is 1. The molecule has 1 amide bonds. The molecule has 0 radical (unpaired) electrons. The molecule has 134 valence electrons. The van der Waals surface area contributed by atoms with Gasteiger partial charge < -0.3 is 4.90 Å². The van der Waals surface area contributed by atoms with Gasteiger partial charge in [-0.3, -0.25) is 4.79 Å². The number of sulfonamides is 1. The molecule has 0 aromatic heterocycles. The Morgan fingerprint density at radius 2 is 1.33 bits per heavy atom. The summed E-state index contributed by atoms with van der Waals surface area (Å²) in [7, 11) is -3.57. The molecule has 5 nitrogen and oxygen atoms in total. The van der Waals surface area contributed by atoms with E-state index in [0.29, 0.717) is 30.8 Å². The van der Waals surface area contributed by atoms with E-state index in [4.69, 9.17) is 0 Å². The van der Waals surface area contributed by atoms with E-state index in [-0.39, 0.29) is 11.9 Å². The second-order valence-electron chi connectivity index (χ2n) is 6.86. The van der Waals surface area contributed by atoms with Gasteiger partial charge in [0.1, 0.15) is 0 Å². The number of nitrogens with zero attached hydrogens (tertiary/aromatic N) is 1. The minimum atomic E-state index is -3.57. The fourth-order valence-electron chi connectivity index (χ4n) is 3.46.